The van der Waals surface area contributed by atoms with Gasteiger partial charge in [0, 0.05) is 6.04 Å². The van der Waals surface area contributed by atoms with E-state index in [4.69, 9.17) is 10.6 Å². The SMILES string of the molecule is CCC(COC(C)C)NN. The summed E-state index contributed by atoms with van der Waals surface area (Å²) in [7, 11) is 0. The highest BCUT2D eigenvalue weighted by molar-refractivity contribution is 4.58. The first-order valence-electron chi connectivity index (χ1n) is 3.78. The smallest absolute Gasteiger partial charge is 0.0636 e. The molecular formula is C7H18N2O. The molecule has 3 nitrogen and oxygen atoms in total. The molecule has 0 aliphatic heterocycles. The maximum atomic E-state index is 5.34. The van der Waals surface area contributed by atoms with Crippen LogP contribution in [0, 0.1) is 0 Å². The molecule has 0 aromatic rings. The highest BCUT2D eigenvalue weighted by Gasteiger charge is 2.03. The van der Waals surface area contributed by atoms with Gasteiger partial charge in [-0.2, -0.15) is 0 Å². The lowest BCUT2D eigenvalue weighted by Crippen LogP contribution is -2.38. The molecule has 10 heavy (non-hydrogen) atoms. The lowest BCUT2D eigenvalue weighted by Gasteiger charge is -2.15. The van der Waals surface area contributed by atoms with E-state index >= 15 is 0 Å². The molecule has 0 aromatic heterocycles. The van der Waals surface area contributed by atoms with Crippen LogP contribution in [0.15, 0.2) is 0 Å². The monoisotopic (exact) mass is 146 g/mol. The van der Waals surface area contributed by atoms with Gasteiger partial charge in [0.15, 0.2) is 0 Å². The molecule has 0 aliphatic rings. The van der Waals surface area contributed by atoms with E-state index < -0.39 is 0 Å². The Morgan fingerprint density at radius 3 is 2.40 bits per heavy atom. The maximum absolute atomic E-state index is 5.34. The number of ether oxygens (including phenoxy) is 1. The van der Waals surface area contributed by atoms with E-state index in [1.807, 2.05) is 13.8 Å². The van der Waals surface area contributed by atoms with Crippen LogP contribution in [0.5, 0.6) is 0 Å². The summed E-state index contributed by atoms with van der Waals surface area (Å²) in [5, 5.41) is 0. The van der Waals surface area contributed by atoms with Crippen molar-refractivity contribution in [3.63, 3.8) is 0 Å². The molecule has 0 bridgehead atoms. The number of rotatable bonds is 5. The first kappa shape index (κ1) is 9.88. The van der Waals surface area contributed by atoms with Gasteiger partial charge in [-0.25, -0.2) is 0 Å². The molecule has 0 saturated heterocycles. The van der Waals surface area contributed by atoms with Crippen LogP contribution in [0.25, 0.3) is 0 Å². The van der Waals surface area contributed by atoms with E-state index in [9.17, 15) is 0 Å². The Morgan fingerprint density at radius 2 is 2.10 bits per heavy atom. The fraction of sp³-hybridized carbons (Fsp3) is 1.00. The lowest BCUT2D eigenvalue weighted by molar-refractivity contribution is 0.0605. The summed E-state index contributed by atoms with van der Waals surface area (Å²) in [6.45, 7) is 6.81. The van der Waals surface area contributed by atoms with Crippen LogP contribution >= 0.6 is 0 Å². The second-order valence-corrected chi connectivity index (χ2v) is 2.65. The summed E-state index contributed by atoms with van der Waals surface area (Å²) in [4.78, 5) is 0. The van der Waals surface area contributed by atoms with Crippen LogP contribution < -0.4 is 11.3 Å². The first-order chi connectivity index (χ1) is 4.70. The standard InChI is InChI=1S/C7H18N2O/c1-4-7(9-8)5-10-6(2)3/h6-7,9H,4-5,8H2,1-3H3. The van der Waals surface area contributed by atoms with E-state index in [2.05, 4.69) is 12.3 Å². The molecular weight excluding hydrogens is 128 g/mol. The number of hydrazine groups is 1. The highest BCUT2D eigenvalue weighted by atomic mass is 16.5. The second-order valence-electron chi connectivity index (χ2n) is 2.65. The zero-order chi connectivity index (χ0) is 7.98. The third kappa shape index (κ3) is 4.73. The van der Waals surface area contributed by atoms with Crippen molar-refractivity contribution in [2.45, 2.75) is 39.3 Å². The minimum Gasteiger partial charge on any atom is -0.377 e. The van der Waals surface area contributed by atoms with Crippen molar-refractivity contribution >= 4 is 0 Å². The molecule has 0 fully saturated rings. The summed E-state index contributed by atoms with van der Waals surface area (Å²) in [5.41, 5.74) is 2.68. The Hall–Kier alpha value is -0.120. The van der Waals surface area contributed by atoms with Crippen molar-refractivity contribution in [2.24, 2.45) is 5.84 Å². The number of nitrogens with two attached hydrogens (primary N) is 1. The van der Waals surface area contributed by atoms with Crippen molar-refractivity contribution in [3.8, 4) is 0 Å². The molecule has 0 heterocycles. The van der Waals surface area contributed by atoms with Gasteiger partial charge in [0.25, 0.3) is 0 Å². The van der Waals surface area contributed by atoms with E-state index in [1.165, 1.54) is 0 Å². The minimum absolute atomic E-state index is 0.294. The molecule has 0 saturated carbocycles. The van der Waals surface area contributed by atoms with Crippen LogP contribution in [0.3, 0.4) is 0 Å². The zero-order valence-corrected chi connectivity index (χ0v) is 7.05. The van der Waals surface area contributed by atoms with Crippen molar-refractivity contribution in [1.82, 2.24) is 5.43 Å². The summed E-state index contributed by atoms with van der Waals surface area (Å²) >= 11 is 0. The van der Waals surface area contributed by atoms with Gasteiger partial charge >= 0.3 is 0 Å². The van der Waals surface area contributed by atoms with Crippen molar-refractivity contribution in [3.05, 3.63) is 0 Å². The molecule has 0 rings (SSSR count). The van der Waals surface area contributed by atoms with Gasteiger partial charge in [0.2, 0.25) is 0 Å². The fourth-order valence-electron chi connectivity index (χ4n) is 0.592. The van der Waals surface area contributed by atoms with Crippen LogP contribution in [0.2, 0.25) is 0 Å². The predicted molar refractivity (Wildman–Crippen MR) is 42.5 cm³/mol. The summed E-state index contributed by atoms with van der Waals surface area (Å²) in [6.07, 6.45) is 1.30. The number of nitrogens with one attached hydrogen (secondary N) is 1. The van der Waals surface area contributed by atoms with Crippen molar-refractivity contribution in [2.75, 3.05) is 6.61 Å². The molecule has 0 aliphatic carbocycles. The molecule has 3 N–H and O–H groups in total. The van der Waals surface area contributed by atoms with E-state index in [0.717, 1.165) is 6.42 Å². The molecule has 0 spiro atoms. The van der Waals surface area contributed by atoms with Crippen molar-refractivity contribution < 1.29 is 4.74 Å². The van der Waals surface area contributed by atoms with E-state index in [-0.39, 0.29) is 0 Å². The molecule has 0 amide bonds. The Morgan fingerprint density at radius 1 is 1.50 bits per heavy atom. The Balaban J connectivity index is 3.26. The van der Waals surface area contributed by atoms with Gasteiger partial charge in [-0.05, 0) is 20.3 Å². The number of hydrogen-bond donors (Lipinski definition) is 2. The van der Waals surface area contributed by atoms with E-state index in [0.29, 0.717) is 18.8 Å². The maximum Gasteiger partial charge on any atom is 0.0636 e. The molecule has 62 valence electrons. The van der Waals surface area contributed by atoms with E-state index in [1.54, 1.807) is 0 Å². The highest BCUT2D eigenvalue weighted by Crippen LogP contribution is 1.93. The predicted octanol–water partition coefficient (Wildman–Crippen LogP) is 0.653. The van der Waals surface area contributed by atoms with Gasteiger partial charge in [0.05, 0.1) is 12.7 Å². The Labute approximate surface area is 62.9 Å². The number of hydrogen-bond acceptors (Lipinski definition) is 3. The van der Waals surface area contributed by atoms with Crippen molar-refractivity contribution in [1.29, 1.82) is 0 Å². The summed E-state index contributed by atoms with van der Waals surface area (Å²) in [5.74, 6) is 5.24. The molecule has 3 heteroatoms. The Kier molecular flexibility index (Phi) is 5.58. The Bertz CT molecular complexity index is 72.0. The van der Waals surface area contributed by atoms with Gasteiger partial charge in [-0.3, -0.25) is 11.3 Å². The molecule has 0 aromatic carbocycles. The third-order valence-corrected chi connectivity index (χ3v) is 1.36. The van der Waals surface area contributed by atoms with Gasteiger partial charge in [0.1, 0.15) is 0 Å². The zero-order valence-electron chi connectivity index (χ0n) is 7.05. The third-order valence-electron chi connectivity index (χ3n) is 1.36. The topological polar surface area (TPSA) is 47.3 Å². The van der Waals surface area contributed by atoms with Crippen LogP contribution in [0.1, 0.15) is 27.2 Å². The lowest BCUT2D eigenvalue weighted by atomic mass is 10.2. The minimum atomic E-state index is 0.294. The normalized spacial score (nSPS) is 14.1. The molecule has 0 radical (unpaired) electrons. The van der Waals surface area contributed by atoms with Crippen LogP contribution in [-0.4, -0.2) is 18.8 Å². The first-order valence-corrected chi connectivity index (χ1v) is 3.78. The molecule has 1 unspecified atom stereocenters. The average Bonchev–Trinajstić information content (AvgIpc) is 1.90. The summed E-state index contributed by atoms with van der Waals surface area (Å²) < 4.78 is 5.34. The van der Waals surface area contributed by atoms with Gasteiger partial charge in [-0.1, -0.05) is 6.92 Å². The molecule has 1 atom stereocenters. The quantitative estimate of drug-likeness (QED) is 0.442. The van der Waals surface area contributed by atoms with Crippen LogP contribution in [-0.2, 0) is 4.74 Å². The average molecular weight is 146 g/mol. The van der Waals surface area contributed by atoms with Gasteiger partial charge in [-0.15, -0.1) is 0 Å². The largest absolute Gasteiger partial charge is 0.377 e. The van der Waals surface area contributed by atoms with Crippen LogP contribution in [0.4, 0.5) is 0 Å². The second kappa shape index (κ2) is 5.65. The fourth-order valence-corrected chi connectivity index (χ4v) is 0.592. The van der Waals surface area contributed by atoms with Gasteiger partial charge < -0.3 is 4.74 Å². The summed E-state index contributed by atoms with van der Waals surface area (Å²) in [6, 6.07) is 0.294.